The van der Waals surface area contributed by atoms with Crippen molar-refractivity contribution in [1.82, 2.24) is 10.2 Å². The number of halogens is 3. The van der Waals surface area contributed by atoms with Crippen LogP contribution in [-0.2, 0) is 11.0 Å². The fourth-order valence-corrected chi connectivity index (χ4v) is 2.23. The van der Waals surface area contributed by atoms with Gasteiger partial charge in [0.05, 0.1) is 16.8 Å². The van der Waals surface area contributed by atoms with E-state index in [4.69, 9.17) is 9.52 Å². The smallest absolute Gasteiger partial charge is 0.416 e. The van der Waals surface area contributed by atoms with E-state index in [0.29, 0.717) is 16.9 Å². The van der Waals surface area contributed by atoms with Crippen LogP contribution in [0.25, 0.3) is 11.5 Å². The molecule has 3 aromatic rings. The van der Waals surface area contributed by atoms with Crippen molar-refractivity contribution in [1.29, 1.82) is 0 Å². The topological polar surface area (TPSA) is 126 Å². The molecule has 0 saturated carbocycles. The summed E-state index contributed by atoms with van der Waals surface area (Å²) >= 11 is 0. The number of para-hydroxylation sites is 1. The fraction of sp³-hybridized carbons (Fsp3) is 0.250. The minimum Gasteiger partial charge on any atom is -0.480 e. The first-order valence-corrected chi connectivity index (χ1v) is 9.23. The van der Waals surface area contributed by atoms with Crippen LogP contribution in [0.4, 0.5) is 30.6 Å². The number of anilines is 3. The van der Waals surface area contributed by atoms with Gasteiger partial charge in [-0.15, -0.1) is 5.10 Å². The van der Waals surface area contributed by atoms with E-state index < -0.39 is 17.7 Å². The van der Waals surface area contributed by atoms with Crippen LogP contribution in [0.3, 0.4) is 0 Å². The van der Waals surface area contributed by atoms with Gasteiger partial charge in [-0.05, 0) is 43.4 Å². The van der Waals surface area contributed by atoms with E-state index in [1.165, 1.54) is 19.2 Å². The molecule has 0 aliphatic carbocycles. The molecule has 2 aromatic carbocycles. The number of carbonyl (C=O) groups is 1. The van der Waals surface area contributed by atoms with Crippen LogP contribution in [0.15, 0.2) is 52.9 Å². The molecule has 11 heteroatoms. The highest BCUT2D eigenvalue weighted by molar-refractivity contribution is 5.77. The van der Waals surface area contributed by atoms with E-state index in [9.17, 15) is 18.0 Å². The minimum atomic E-state index is -4.40. The Labute approximate surface area is 177 Å². The number of benzene rings is 2. The Morgan fingerprint density at radius 1 is 1.06 bits per heavy atom. The number of rotatable bonds is 6. The predicted molar refractivity (Wildman–Crippen MR) is 112 cm³/mol. The molecule has 0 fully saturated rings. The number of alkyl halides is 3. The molecule has 0 atom stereocenters. The van der Waals surface area contributed by atoms with Gasteiger partial charge < -0.3 is 25.9 Å². The minimum absolute atomic E-state index is 0.0586. The standard InChI is InChI=1S/C17H13F3N4O3.C2H6.CH5N/c18-17(19,20)10-5-7-11(8-6-10)22-13-4-2-1-3-12(13)15-23-24-16(27-15)21-9-14(25)26;2*1-2/h1-8,22H,9H2,(H,21,24)(H,25,26);1-2H3;2H2,1H3. The summed E-state index contributed by atoms with van der Waals surface area (Å²) in [4.78, 5) is 10.6. The molecular formula is C20H24F3N5O3. The zero-order chi connectivity index (χ0) is 23.4. The Hall–Kier alpha value is -3.60. The summed E-state index contributed by atoms with van der Waals surface area (Å²) < 4.78 is 43.3. The summed E-state index contributed by atoms with van der Waals surface area (Å²) in [5, 5.41) is 21.7. The Kier molecular flexibility index (Phi) is 9.99. The van der Waals surface area contributed by atoms with E-state index >= 15 is 0 Å². The predicted octanol–water partition coefficient (Wildman–Crippen LogP) is 4.60. The van der Waals surface area contributed by atoms with Crippen molar-refractivity contribution in [2.75, 3.05) is 24.2 Å². The molecule has 5 N–H and O–H groups in total. The van der Waals surface area contributed by atoms with Gasteiger partial charge in [0.25, 0.3) is 5.89 Å². The molecule has 0 aliphatic heterocycles. The van der Waals surface area contributed by atoms with Crippen molar-refractivity contribution in [3.63, 3.8) is 0 Å². The summed E-state index contributed by atoms with van der Waals surface area (Å²) in [5.74, 6) is -0.961. The average Bonchev–Trinajstić information content (AvgIpc) is 3.24. The lowest BCUT2D eigenvalue weighted by Gasteiger charge is -2.11. The van der Waals surface area contributed by atoms with Crippen molar-refractivity contribution in [3.8, 4) is 11.5 Å². The number of aromatic nitrogens is 2. The van der Waals surface area contributed by atoms with E-state index in [-0.39, 0.29) is 18.5 Å². The van der Waals surface area contributed by atoms with Crippen LogP contribution in [0.5, 0.6) is 0 Å². The van der Waals surface area contributed by atoms with Crippen LogP contribution >= 0.6 is 0 Å². The van der Waals surface area contributed by atoms with Crippen molar-refractivity contribution >= 4 is 23.4 Å². The van der Waals surface area contributed by atoms with Gasteiger partial charge in [0.15, 0.2) is 0 Å². The van der Waals surface area contributed by atoms with Gasteiger partial charge in [-0.25, -0.2) is 0 Å². The molecule has 0 aliphatic rings. The maximum Gasteiger partial charge on any atom is 0.416 e. The number of carboxylic acid groups (broad SMARTS) is 1. The van der Waals surface area contributed by atoms with Crippen LogP contribution in [0.2, 0.25) is 0 Å². The molecule has 0 unspecified atom stereocenters. The molecule has 0 radical (unpaired) electrons. The average molecular weight is 439 g/mol. The monoisotopic (exact) mass is 439 g/mol. The molecule has 1 aromatic heterocycles. The molecule has 0 spiro atoms. The lowest BCUT2D eigenvalue weighted by Crippen LogP contribution is -2.12. The number of nitrogens with zero attached hydrogens (tertiary/aromatic N) is 2. The third kappa shape index (κ3) is 7.63. The second-order valence-electron chi connectivity index (χ2n) is 5.41. The van der Waals surface area contributed by atoms with Gasteiger partial charge >= 0.3 is 18.2 Å². The highest BCUT2D eigenvalue weighted by Crippen LogP contribution is 2.32. The van der Waals surface area contributed by atoms with Crippen LogP contribution in [0, 0.1) is 0 Å². The second-order valence-corrected chi connectivity index (χ2v) is 5.41. The molecule has 0 amide bonds. The second kappa shape index (κ2) is 12.2. The molecule has 1 heterocycles. The van der Waals surface area contributed by atoms with Crippen LogP contribution in [-0.4, -0.2) is 34.9 Å². The maximum absolute atomic E-state index is 12.7. The van der Waals surface area contributed by atoms with Gasteiger partial charge in [-0.2, -0.15) is 13.2 Å². The number of nitrogens with two attached hydrogens (primary N) is 1. The van der Waals surface area contributed by atoms with Crippen molar-refractivity contribution in [3.05, 3.63) is 54.1 Å². The largest absolute Gasteiger partial charge is 0.480 e. The number of nitrogens with one attached hydrogen (secondary N) is 2. The highest BCUT2D eigenvalue weighted by Gasteiger charge is 2.30. The lowest BCUT2D eigenvalue weighted by atomic mass is 10.1. The molecule has 0 saturated heterocycles. The van der Waals surface area contributed by atoms with Gasteiger partial charge in [0, 0.05) is 5.69 Å². The van der Waals surface area contributed by atoms with E-state index in [1.54, 1.807) is 24.3 Å². The zero-order valence-corrected chi connectivity index (χ0v) is 17.2. The van der Waals surface area contributed by atoms with Gasteiger partial charge in [0.1, 0.15) is 6.54 Å². The van der Waals surface area contributed by atoms with Gasteiger partial charge in [0.2, 0.25) is 0 Å². The summed E-state index contributed by atoms with van der Waals surface area (Å²) in [7, 11) is 1.50. The number of hydrogen-bond donors (Lipinski definition) is 4. The third-order valence-corrected chi connectivity index (χ3v) is 3.46. The van der Waals surface area contributed by atoms with Gasteiger partial charge in [-0.1, -0.05) is 31.1 Å². The van der Waals surface area contributed by atoms with E-state index in [1.807, 2.05) is 13.8 Å². The molecule has 3 rings (SSSR count). The van der Waals surface area contributed by atoms with E-state index in [2.05, 4.69) is 26.6 Å². The molecule has 8 nitrogen and oxygen atoms in total. The maximum atomic E-state index is 12.7. The summed E-state index contributed by atoms with van der Waals surface area (Å²) in [6.07, 6.45) is -4.40. The number of hydrogen-bond acceptors (Lipinski definition) is 7. The Balaban J connectivity index is 0.00000113. The summed E-state index contributed by atoms with van der Waals surface area (Å²) in [5.41, 5.74) is 5.24. The Bertz CT molecular complexity index is 944. The van der Waals surface area contributed by atoms with E-state index in [0.717, 1.165) is 12.1 Å². The van der Waals surface area contributed by atoms with Crippen LogP contribution < -0.4 is 16.4 Å². The van der Waals surface area contributed by atoms with Crippen molar-refractivity contribution in [2.45, 2.75) is 20.0 Å². The third-order valence-electron chi connectivity index (χ3n) is 3.46. The molecule has 0 bridgehead atoms. The fourth-order valence-electron chi connectivity index (χ4n) is 2.23. The number of carboxylic acids is 1. The van der Waals surface area contributed by atoms with Gasteiger partial charge in [-0.3, -0.25) is 4.79 Å². The lowest BCUT2D eigenvalue weighted by molar-refractivity contribution is -0.137. The summed E-state index contributed by atoms with van der Waals surface area (Å²) in [6, 6.07) is 11.4. The van der Waals surface area contributed by atoms with Crippen molar-refractivity contribution in [2.24, 2.45) is 5.73 Å². The first kappa shape index (κ1) is 25.4. The van der Waals surface area contributed by atoms with Crippen LogP contribution in [0.1, 0.15) is 19.4 Å². The number of aliphatic carboxylic acids is 1. The molecular weight excluding hydrogens is 415 g/mol. The Morgan fingerprint density at radius 2 is 1.68 bits per heavy atom. The van der Waals surface area contributed by atoms with Crippen molar-refractivity contribution < 1.29 is 27.5 Å². The zero-order valence-electron chi connectivity index (χ0n) is 17.2. The molecule has 168 valence electrons. The first-order chi connectivity index (χ1) is 14.8. The molecule has 31 heavy (non-hydrogen) atoms. The SMILES string of the molecule is CC.CN.O=C(O)CNc1nnc(-c2ccccc2Nc2ccc(C(F)(F)F)cc2)o1. The Morgan fingerprint density at radius 3 is 2.26 bits per heavy atom. The highest BCUT2D eigenvalue weighted by atomic mass is 19.4. The first-order valence-electron chi connectivity index (χ1n) is 9.23. The quantitative estimate of drug-likeness (QED) is 0.439. The summed E-state index contributed by atoms with van der Waals surface area (Å²) in [6.45, 7) is 3.62. The normalized spacial score (nSPS) is 10.2.